The van der Waals surface area contributed by atoms with Gasteiger partial charge in [-0.15, -0.1) is 0 Å². The molecule has 0 saturated carbocycles. The van der Waals surface area contributed by atoms with Crippen LogP contribution in [-0.4, -0.2) is 28.4 Å². The van der Waals surface area contributed by atoms with Crippen molar-refractivity contribution in [2.75, 3.05) is 0 Å². The van der Waals surface area contributed by atoms with Crippen molar-refractivity contribution < 1.29 is 19.7 Å². The number of Topliss-reactive ketones (excluding diaryl/α,β-unsaturated/α-hetero) is 1. The molecule has 1 aliphatic heterocycles. The predicted octanol–water partition coefficient (Wildman–Crippen LogP) is -1.22. The van der Waals surface area contributed by atoms with Gasteiger partial charge in [0.25, 0.3) is 6.29 Å². The largest absolute Gasteiger partial charge is 0.465 e. The first-order chi connectivity index (χ1) is 4.22. The van der Waals surface area contributed by atoms with E-state index in [1.165, 1.54) is 0 Å². The molecular formula is C5H6O4. The SMILES string of the molecule is O=C1C(O)C=COC1O. The average molecular weight is 130 g/mol. The highest BCUT2D eigenvalue weighted by atomic mass is 16.6. The minimum Gasteiger partial charge on any atom is -0.465 e. The van der Waals surface area contributed by atoms with Crippen molar-refractivity contribution >= 4 is 5.78 Å². The summed E-state index contributed by atoms with van der Waals surface area (Å²) in [6.07, 6.45) is -0.454. The van der Waals surface area contributed by atoms with E-state index in [1.807, 2.05) is 0 Å². The number of aliphatic hydroxyl groups is 2. The molecular weight excluding hydrogens is 124 g/mol. The maximum absolute atomic E-state index is 10.4. The second kappa shape index (κ2) is 2.16. The van der Waals surface area contributed by atoms with E-state index in [0.717, 1.165) is 12.3 Å². The Bertz CT molecular complexity index is 151. The number of hydrogen-bond donors (Lipinski definition) is 2. The maximum atomic E-state index is 10.4. The lowest BCUT2D eigenvalue weighted by Gasteiger charge is -2.15. The van der Waals surface area contributed by atoms with Gasteiger partial charge in [-0.05, 0) is 6.08 Å². The topological polar surface area (TPSA) is 66.8 Å². The average Bonchev–Trinajstić information content (AvgIpc) is 1.83. The Hall–Kier alpha value is -0.870. The van der Waals surface area contributed by atoms with Crippen molar-refractivity contribution in [3.8, 4) is 0 Å². The van der Waals surface area contributed by atoms with Crippen LogP contribution in [-0.2, 0) is 9.53 Å². The summed E-state index contributed by atoms with van der Waals surface area (Å²) in [5, 5.41) is 17.2. The van der Waals surface area contributed by atoms with E-state index >= 15 is 0 Å². The Kier molecular flexibility index (Phi) is 1.50. The number of aliphatic hydroxyl groups excluding tert-OH is 2. The fourth-order valence-electron chi connectivity index (χ4n) is 0.502. The third kappa shape index (κ3) is 1.09. The molecule has 0 spiro atoms. The minimum atomic E-state index is -1.50. The highest BCUT2D eigenvalue weighted by Crippen LogP contribution is 2.03. The van der Waals surface area contributed by atoms with Crippen LogP contribution in [0.2, 0.25) is 0 Å². The summed E-state index contributed by atoms with van der Waals surface area (Å²) < 4.78 is 4.33. The lowest BCUT2D eigenvalue weighted by Crippen LogP contribution is -2.34. The van der Waals surface area contributed by atoms with Gasteiger partial charge in [-0.2, -0.15) is 0 Å². The number of carbonyl (C=O) groups is 1. The van der Waals surface area contributed by atoms with Crippen molar-refractivity contribution in [3.05, 3.63) is 12.3 Å². The zero-order chi connectivity index (χ0) is 6.85. The summed E-state index contributed by atoms with van der Waals surface area (Å²) in [7, 11) is 0. The van der Waals surface area contributed by atoms with E-state index < -0.39 is 18.2 Å². The first-order valence-electron chi connectivity index (χ1n) is 2.44. The van der Waals surface area contributed by atoms with Crippen LogP contribution in [0.25, 0.3) is 0 Å². The van der Waals surface area contributed by atoms with Crippen molar-refractivity contribution in [2.45, 2.75) is 12.4 Å². The van der Waals surface area contributed by atoms with Gasteiger partial charge in [0.1, 0.15) is 6.10 Å². The summed E-state index contributed by atoms with van der Waals surface area (Å²) in [6.45, 7) is 0. The van der Waals surface area contributed by atoms with Crippen LogP contribution in [0.15, 0.2) is 12.3 Å². The van der Waals surface area contributed by atoms with E-state index in [0.29, 0.717) is 0 Å². The molecule has 0 radical (unpaired) electrons. The zero-order valence-corrected chi connectivity index (χ0v) is 4.52. The molecule has 50 valence electrons. The molecule has 2 N–H and O–H groups in total. The molecule has 0 aromatic rings. The molecule has 1 heterocycles. The molecule has 2 unspecified atom stereocenters. The Morgan fingerprint density at radius 3 is 2.67 bits per heavy atom. The van der Waals surface area contributed by atoms with Crippen LogP contribution in [0.1, 0.15) is 0 Å². The molecule has 4 heteroatoms. The molecule has 0 amide bonds. The second-order valence-corrected chi connectivity index (χ2v) is 1.66. The van der Waals surface area contributed by atoms with Crippen LogP contribution in [0.5, 0.6) is 0 Å². The third-order valence-electron chi connectivity index (χ3n) is 1.00. The van der Waals surface area contributed by atoms with Crippen LogP contribution in [0.3, 0.4) is 0 Å². The predicted molar refractivity (Wildman–Crippen MR) is 27.2 cm³/mol. The van der Waals surface area contributed by atoms with Gasteiger partial charge in [0.05, 0.1) is 6.26 Å². The van der Waals surface area contributed by atoms with Gasteiger partial charge in [0.15, 0.2) is 0 Å². The molecule has 0 saturated heterocycles. The molecule has 1 rings (SSSR count). The Labute approximate surface area is 51.4 Å². The van der Waals surface area contributed by atoms with Crippen LogP contribution >= 0.6 is 0 Å². The molecule has 0 aliphatic carbocycles. The summed E-state index contributed by atoms with van der Waals surface area (Å²) >= 11 is 0. The summed E-state index contributed by atoms with van der Waals surface area (Å²) in [4.78, 5) is 10.4. The van der Waals surface area contributed by atoms with E-state index in [2.05, 4.69) is 4.74 Å². The van der Waals surface area contributed by atoms with Gasteiger partial charge in [0.2, 0.25) is 5.78 Å². The smallest absolute Gasteiger partial charge is 0.259 e. The lowest BCUT2D eigenvalue weighted by molar-refractivity contribution is -0.155. The van der Waals surface area contributed by atoms with E-state index in [9.17, 15) is 4.79 Å². The maximum Gasteiger partial charge on any atom is 0.259 e. The van der Waals surface area contributed by atoms with Crippen LogP contribution in [0, 0.1) is 0 Å². The Balaban J connectivity index is 2.69. The van der Waals surface area contributed by atoms with Crippen molar-refractivity contribution in [1.29, 1.82) is 0 Å². The molecule has 0 fully saturated rings. The van der Waals surface area contributed by atoms with Crippen molar-refractivity contribution in [1.82, 2.24) is 0 Å². The number of ketones is 1. The fourth-order valence-corrected chi connectivity index (χ4v) is 0.502. The minimum absolute atomic E-state index is 0.725. The van der Waals surface area contributed by atoms with Crippen molar-refractivity contribution in [2.24, 2.45) is 0 Å². The molecule has 9 heavy (non-hydrogen) atoms. The van der Waals surface area contributed by atoms with E-state index in [-0.39, 0.29) is 0 Å². The molecule has 1 aliphatic rings. The standard InChI is InChI=1S/C5H6O4/c6-3-1-2-9-5(8)4(3)7/h1-3,5-6,8H. The van der Waals surface area contributed by atoms with E-state index in [1.54, 1.807) is 0 Å². The molecule has 0 aromatic heterocycles. The normalized spacial score (nSPS) is 34.2. The lowest BCUT2D eigenvalue weighted by atomic mass is 10.2. The molecule has 2 atom stereocenters. The number of rotatable bonds is 0. The summed E-state index contributed by atoms with van der Waals surface area (Å²) in [5.74, 6) is -0.725. The van der Waals surface area contributed by atoms with Crippen LogP contribution in [0.4, 0.5) is 0 Å². The number of ether oxygens (including phenoxy) is 1. The molecule has 0 bridgehead atoms. The van der Waals surface area contributed by atoms with Gasteiger partial charge >= 0.3 is 0 Å². The van der Waals surface area contributed by atoms with Crippen molar-refractivity contribution in [3.63, 3.8) is 0 Å². The molecule has 4 nitrogen and oxygen atoms in total. The number of carbonyl (C=O) groups excluding carboxylic acids is 1. The van der Waals surface area contributed by atoms with Gasteiger partial charge in [-0.25, -0.2) is 0 Å². The van der Waals surface area contributed by atoms with Gasteiger partial charge in [0, 0.05) is 0 Å². The Morgan fingerprint density at radius 1 is 1.56 bits per heavy atom. The number of hydrogen-bond acceptors (Lipinski definition) is 4. The quantitative estimate of drug-likeness (QED) is 0.431. The zero-order valence-electron chi connectivity index (χ0n) is 4.52. The monoisotopic (exact) mass is 130 g/mol. The summed E-state index contributed by atoms with van der Waals surface area (Å²) in [6, 6.07) is 0. The highest BCUT2D eigenvalue weighted by molar-refractivity contribution is 5.88. The Morgan fingerprint density at radius 2 is 2.22 bits per heavy atom. The van der Waals surface area contributed by atoms with E-state index in [4.69, 9.17) is 10.2 Å². The van der Waals surface area contributed by atoms with Gasteiger partial charge in [-0.1, -0.05) is 0 Å². The van der Waals surface area contributed by atoms with Gasteiger partial charge < -0.3 is 14.9 Å². The first-order valence-corrected chi connectivity index (χ1v) is 2.44. The van der Waals surface area contributed by atoms with Gasteiger partial charge in [-0.3, -0.25) is 4.79 Å². The molecule has 0 aromatic carbocycles. The first kappa shape index (κ1) is 6.25. The second-order valence-electron chi connectivity index (χ2n) is 1.66. The van der Waals surface area contributed by atoms with Crippen LogP contribution < -0.4 is 0 Å². The third-order valence-corrected chi connectivity index (χ3v) is 1.00. The highest BCUT2D eigenvalue weighted by Gasteiger charge is 2.25. The summed E-state index contributed by atoms with van der Waals surface area (Å²) in [5.41, 5.74) is 0. The fraction of sp³-hybridized carbons (Fsp3) is 0.400.